The minimum absolute atomic E-state index is 0.0583. The second kappa shape index (κ2) is 8.64. The van der Waals surface area contributed by atoms with E-state index >= 15 is 0 Å². The molecule has 3 aromatic rings. The molecule has 0 spiro atoms. The predicted octanol–water partition coefficient (Wildman–Crippen LogP) is 5.51. The van der Waals surface area contributed by atoms with E-state index in [1.54, 1.807) is 41.7 Å². The maximum absolute atomic E-state index is 13.2. The van der Waals surface area contributed by atoms with Gasteiger partial charge in [-0.05, 0) is 41.3 Å². The van der Waals surface area contributed by atoms with Crippen LogP contribution in [0.25, 0.3) is 0 Å². The summed E-state index contributed by atoms with van der Waals surface area (Å²) in [5.74, 6) is -0.551. The van der Waals surface area contributed by atoms with Crippen LogP contribution in [0.2, 0.25) is 10.0 Å². The highest BCUT2D eigenvalue weighted by Crippen LogP contribution is 2.29. The number of anilines is 1. The molecule has 3 nitrogen and oxygen atoms in total. The molecule has 0 radical (unpaired) electrons. The topological polar surface area (TPSA) is 41.1 Å². The van der Waals surface area contributed by atoms with Gasteiger partial charge in [0.05, 0.1) is 28.3 Å². The van der Waals surface area contributed by atoms with Crippen LogP contribution in [0.4, 0.5) is 10.1 Å². The molecule has 1 aromatic heterocycles. The van der Waals surface area contributed by atoms with Crippen LogP contribution in [0, 0.1) is 5.82 Å². The number of rotatable bonds is 6. The number of carbonyl (C=O) groups excluding carboxylic acids is 1. The highest BCUT2D eigenvalue weighted by Gasteiger charge is 2.17. The molecule has 2 N–H and O–H groups in total. The van der Waals surface area contributed by atoms with Crippen LogP contribution in [0.5, 0.6) is 0 Å². The standard InChI is InChI=1S/C19H15Cl2FN2OS/c20-14-3-1-4-15(18(14)21)24-17(25)11-23-19(16-5-2-10-26-16)12-6-8-13(22)9-7-12/h1-10,19,23H,11H2,(H,24,25). The van der Waals surface area contributed by atoms with Crippen molar-refractivity contribution in [2.45, 2.75) is 6.04 Å². The Kier molecular flexibility index (Phi) is 6.27. The van der Waals surface area contributed by atoms with Crippen molar-refractivity contribution >= 4 is 46.1 Å². The number of carbonyl (C=O) groups is 1. The Labute approximate surface area is 164 Å². The summed E-state index contributed by atoms with van der Waals surface area (Å²) in [7, 11) is 0. The minimum Gasteiger partial charge on any atom is -0.324 e. The molecule has 134 valence electrons. The molecule has 1 amide bonds. The Morgan fingerprint density at radius 2 is 1.85 bits per heavy atom. The first-order valence-electron chi connectivity index (χ1n) is 7.80. The Morgan fingerprint density at radius 3 is 2.54 bits per heavy atom. The number of hydrogen-bond acceptors (Lipinski definition) is 3. The predicted molar refractivity (Wildman–Crippen MR) is 106 cm³/mol. The van der Waals surface area contributed by atoms with Crippen molar-refractivity contribution in [1.29, 1.82) is 0 Å². The molecule has 0 saturated heterocycles. The van der Waals surface area contributed by atoms with Crippen molar-refractivity contribution in [1.82, 2.24) is 5.32 Å². The Bertz CT molecular complexity index is 885. The quantitative estimate of drug-likeness (QED) is 0.564. The van der Waals surface area contributed by atoms with Crippen molar-refractivity contribution in [3.8, 4) is 0 Å². The Hall–Kier alpha value is -1.92. The second-order valence-corrected chi connectivity index (χ2v) is 7.29. The van der Waals surface area contributed by atoms with E-state index in [4.69, 9.17) is 23.2 Å². The van der Waals surface area contributed by atoms with Gasteiger partial charge >= 0.3 is 0 Å². The van der Waals surface area contributed by atoms with Crippen molar-refractivity contribution < 1.29 is 9.18 Å². The maximum Gasteiger partial charge on any atom is 0.238 e. The fourth-order valence-electron chi connectivity index (χ4n) is 2.48. The van der Waals surface area contributed by atoms with E-state index in [2.05, 4.69) is 10.6 Å². The normalized spacial score (nSPS) is 12.0. The largest absolute Gasteiger partial charge is 0.324 e. The van der Waals surface area contributed by atoms with Crippen LogP contribution in [-0.4, -0.2) is 12.5 Å². The van der Waals surface area contributed by atoms with E-state index in [9.17, 15) is 9.18 Å². The van der Waals surface area contributed by atoms with Gasteiger partial charge < -0.3 is 5.32 Å². The zero-order valence-corrected chi connectivity index (χ0v) is 15.8. The minimum atomic E-state index is -0.299. The van der Waals surface area contributed by atoms with E-state index in [0.717, 1.165) is 10.4 Å². The van der Waals surface area contributed by atoms with Crippen LogP contribution in [0.1, 0.15) is 16.5 Å². The highest BCUT2D eigenvalue weighted by atomic mass is 35.5. The Balaban J connectivity index is 1.70. The molecule has 7 heteroatoms. The van der Waals surface area contributed by atoms with Crippen LogP contribution in [0.3, 0.4) is 0 Å². The summed E-state index contributed by atoms with van der Waals surface area (Å²) < 4.78 is 13.2. The number of hydrogen-bond donors (Lipinski definition) is 2. The molecule has 0 bridgehead atoms. The van der Waals surface area contributed by atoms with Crippen molar-refractivity contribution in [3.63, 3.8) is 0 Å². The zero-order chi connectivity index (χ0) is 18.5. The van der Waals surface area contributed by atoms with Crippen LogP contribution >= 0.6 is 34.5 Å². The summed E-state index contributed by atoms with van der Waals surface area (Å²) in [6.07, 6.45) is 0. The lowest BCUT2D eigenvalue weighted by atomic mass is 10.1. The molecule has 0 aliphatic heterocycles. The van der Waals surface area contributed by atoms with Crippen molar-refractivity contribution in [2.24, 2.45) is 0 Å². The zero-order valence-electron chi connectivity index (χ0n) is 13.5. The lowest BCUT2D eigenvalue weighted by Gasteiger charge is -2.18. The van der Waals surface area contributed by atoms with Crippen molar-refractivity contribution in [2.75, 3.05) is 11.9 Å². The van der Waals surface area contributed by atoms with Crippen molar-refractivity contribution in [3.05, 3.63) is 86.3 Å². The summed E-state index contributed by atoms with van der Waals surface area (Å²) in [5.41, 5.74) is 1.34. The SMILES string of the molecule is O=C(CNC(c1ccc(F)cc1)c1cccs1)Nc1cccc(Cl)c1Cl. The van der Waals surface area contributed by atoms with Gasteiger partial charge in [-0.1, -0.05) is 47.5 Å². The van der Waals surface area contributed by atoms with Crippen LogP contribution < -0.4 is 10.6 Å². The number of nitrogens with one attached hydrogen (secondary N) is 2. The fraction of sp³-hybridized carbons (Fsp3) is 0.105. The van der Waals surface area contributed by atoms with Gasteiger partial charge in [0.1, 0.15) is 5.82 Å². The Morgan fingerprint density at radius 1 is 1.08 bits per heavy atom. The van der Waals surface area contributed by atoms with Gasteiger partial charge in [0.25, 0.3) is 0 Å². The molecule has 1 unspecified atom stereocenters. The van der Waals surface area contributed by atoms with Gasteiger partial charge in [-0.3, -0.25) is 10.1 Å². The van der Waals surface area contributed by atoms with Gasteiger partial charge in [0.2, 0.25) is 5.91 Å². The summed E-state index contributed by atoms with van der Waals surface area (Å²) in [5, 5.41) is 8.58. The molecule has 1 heterocycles. The first-order chi connectivity index (χ1) is 12.5. The molecule has 26 heavy (non-hydrogen) atoms. The summed E-state index contributed by atoms with van der Waals surface area (Å²) >= 11 is 13.6. The molecule has 0 aliphatic carbocycles. The van der Waals surface area contributed by atoms with E-state index < -0.39 is 0 Å². The third-order valence-electron chi connectivity index (χ3n) is 3.72. The number of thiophene rings is 1. The molecule has 0 aliphatic rings. The molecular weight excluding hydrogens is 394 g/mol. The number of benzene rings is 2. The van der Waals surface area contributed by atoms with E-state index in [0.29, 0.717) is 15.7 Å². The van der Waals surface area contributed by atoms with Gasteiger partial charge in [0, 0.05) is 4.88 Å². The van der Waals surface area contributed by atoms with E-state index in [1.165, 1.54) is 12.1 Å². The number of amides is 1. The van der Waals surface area contributed by atoms with Crippen LogP contribution in [-0.2, 0) is 4.79 Å². The molecule has 0 saturated carbocycles. The second-order valence-electron chi connectivity index (χ2n) is 5.53. The summed E-state index contributed by atoms with van der Waals surface area (Å²) in [4.78, 5) is 13.3. The fourth-order valence-corrected chi connectivity index (χ4v) is 3.66. The van der Waals surface area contributed by atoms with Gasteiger partial charge in [0.15, 0.2) is 0 Å². The first kappa shape index (κ1) is 18.9. The lowest BCUT2D eigenvalue weighted by molar-refractivity contribution is -0.115. The molecule has 3 rings (SSSR count). The number of halogens is 3. The van der Waals surface area contributed by atoms with E-state index in [1.807, 2.05) is 17.5 Å². The van der Waals surface area contributed by atoms with Crippen LogP contribution in [0.15, 0.2) is 60.0 Å². The molecule has 2 aromatic carbocycles. The monoisotopic (exact) mass is 408 g/mol. The smallest absolute Gasteiger partial charge is 0.238 e. The molecular formula is C19H15Cl2FN2OS. The maximum atomic E-state index is 13.2. The average molecular weight is 409 g/mol. The summed E-state index contributed by atoms with van der Waals surface area (Å²) in [6, 6.07) is 15.0. The third kappa shape index (κ3) is 4.62. The third-order valence-corrected chi connectivity index (χ3v) is 5.48. The lowest BCUT2D eigenvalue weighted by Crippen LogP contribution is -2.31. The summed E-state index contributed by atoms with van der Waals surface area (Å²) in [6.45, 7) is 0.0583. The molecule has 0 fully saturated rings. The first-order valence-corrected chi connectivity index (χ1v) is 9.44. The van der Waals surface area contributed by atoms with Gasteiger partial charge in [-0.25, -0.2) is 4.39 Å². The molecule has 1 atom stereocenters. The average Bonchev–Trinajstić information content (AvgIpc) is 3.15. The van der Waals surface area contributed by atoms with Gasteiger partial charge in [-0.2, -0.15) is 0 Å². The van der Waals surface area contributed by atoms with Gasteiger partial charge in [-0.15, -0.1) is 11.3 Å². The van der Waals surface area contributed by atoms with E-state index in [-0.39, 0.29) is 24.3 Å². The highest BCUT2D eigenvalue weighted by molar-refractivity contribution is 7.10.